The standard InChI is InChI=1S/C15H22ClNO/c1-11(12-6-5-7-13(16)10-12)17(2)14-8-3-4-9-15(14)18/h5-7,10-11,14-15,18H,3-4,8-9H2,1-2H3/t11?,14-,15-/m1/s1. The lowest BCUT2D eigenvalue weighted by molar-refractivity contribution is 0.0155. The molecule has 0 aromatic heterocycles. The van der Waals surface area contributed by atoms with Crippen molar-refractivity contribution in [1.29, 1.82) is 0 Å². The van der Waals surface area contributed by atoms with Crippen molar-refractivity contribution in [3.8, 4) is 0 Å². The van der Waals surface area contributed by atoms with Crippen molar-refractivity contribution in [3.05, 3.63) is 34.9 Å². The van der Waals surface area contributed by atoms with Crippen LogP contribution >= 0.6 is 11.6 Å². The summed E-state index contributed by atoms with van der Waals surface area (Å²) in [7, 11) is 2.10. The molecule has 0 amide bonds. The van der Waals surface area contributed by atoms with E-state index in [1.165, 1.54) is 12.0 Å². The molecule has 100 valence electrons. The fraction of sp³-hybridized carbons (Fsp3) is 0.600. The van der Waals surface area contributed by atoms with Gasteiger partial charge in [-0.05, 0) is 44.5 Å². The molecule has 3 heteroatoms. The summed E-state index contributed by atoms with van der Waals surface area (Å²) >= 11 is 6.04. The van der Waals surface area contributed by atoms with Crippen molar-refractivity contribution >= 4 is 11.6 Å². The molecule has 1 N–H and O–H groups in total. The lowest BCUT2D eigenvalue weighted by atomic mass is 9.90. The summed E-state index contributed by atoms with van der Waals surface area (Å²) < 4.78 is 0. The van der Waals surface area contributed by atoms with Crippen molar-refractivity contribution in [2.24, 2.45) is 0 Å². The monoisotopic (exact) mass is 267 g/mol. The first-order valence-corrected chi connectivity index (χ1v) is 7.13. The predicted molar refractivity (Wildman–Crippen MR) is 75.9 cm³/mol. The Morgan fingerprint density at radius 3 is 2.72 bits per heavy atom. The molecule has 0 heterocycles. The summed E-state index contributed by atoms with van der Waals surface area (Å²) in [5.41, 5.74) is 1.21. The smallest absolute Gasteiger partial charge is 0.0695 e. The third-order valence-electron chi connectivity index (χ3n) is 4.16. The Morgan fingerprint density at radius 1 is 1.33 bits per heavy atom. The molecule has 3 atom stereocenters. The quantitative estimate of drug-likeness (QED) is 0.904. The number of likely N-dealkylation sites (N-methyl/N-ethyl adjacent to an activating group) is 1. The second-order valence-corrected chi connectivity index (χ2v) is 5.75. The van der Waals surface area contributed by atoms with Gasteiger partial charge in [0.25, 0.3) is 0 Å². The number of nitrogens with zero attached hydrogens (tertiary/aromatic N) is 1. The maximum atomic E-state index is 10.1. The van der Waals surface area contributed by atoms with E-state index in [4.69, 9.17) is 11.6 Å². The van der Waals surface area contributed by atoms with Gasteiger partial charge in [0.05, 0.1) is 6.10 Å². The van der Waals surface area contributed by atoms with E-state index in [9.17, 15) is 5.11 Å². The molecule has 0 saturated heterocycles. The van der Waals surface area contributed by atoms with Crippen LogP contribution in [-0.4, -0.2) is 29.2 Å². The molecule has 0 aliphatic heterocycles. The molecule has 1 aromatic rings. The zero-order valence-corrected chi connectivity index (χ0v) is 11.9. The summed E-state index contributed by atoms with van der Waals surface area (Å²) in [6, 6.07) is 8.54. The topological polar surface area (TPSA) is 23.5 Å². The average Bonchev–Trinajstić information content (AvgIpc) is 2.37. The minimum atomic E-state index is -0.189. The second kappa shape index (κ2) is 6.05. The number of hydrogen-bond acceptors (Lipinski definition) is 2. The third kappa shape index (κ3) is 3.05. The van der Waals surface area contributed by atoms with Crippen LogP contribution in [0.5, 0.6) is 0 Å². The average molecular weight is 268 g/mol. The maximum absolute atomic E-state index is 10.1. The van der Waals surface area contributed by atoms with Crippen molar-refractivity contribution in [1.82, 2.24) is 4.90 Å². The van der Waals surface area contributed by atoms with Crippen LogP contribution in [0.2, 0.25) is 5.02 Å². The molecule has 1 aliphatic carbocycles. The van der Waals surface area contributed by atoms with Crippen LogP contribution in [0, 0.1) is 0 Å². The van der Waals surface area contributed by atoms with Crippen molar-refractivity contribution in [2.45, 2.75) is 50.8 Å². The van der Waals surface area contributed by atoms with E-state index >= 15 is 0 Å². The number of benzene rings is 1. The predicted octanol–water partition coefficient (Wildman–Crippen LogP) is 3.64. The third-order valence-corrected chi connectivity index (χ3v) is 4.39. The lowest BCUT2D eigenvalue weighted by Gasteiger charge is -2.38. The van der Waals surface area contributed by atoms with Gasteiger partial charge >= 0.3 is 0 Å². The maximum Gasteiger partial charge on any atom is 0.0695 e. The summed E-state index contributed by atoms with van der Waals surface area (Å²) in [5, 5.41) is 10.9. The molecule has 1 saturated carbocycles. The van der Waals surface area contributed by atoms with Gasteiger partial charge in [-0.1, -0.05) is 36.6 Å². The Hall–Kier alpha value is -0.570. The van der Waals surface area contributed by atoms with E-state index in [1.54, 1.807) is 0 Å². The summed E-state index contributed by atoms with van der Waals surface area (Å²) in [5.74, 6) is 0. The largest absolute Gasteiger partial charge is 0.391 e. The number of aliphatic hydroxyl groups is 1. The second-order valence-electron chi connectivity index (χ2n) is 5.32. The van der Waals surface area contributed by atoms with Gasteiger partial charge in [0.15, 0.2) is 0 Å². The fourth-order valence-electron chi connectivity index (χ4n) is 2.86. The van der Waals surface area contributed by atoms with E-state index < -0.39 is 0 Å². The highest BCUT2D eigenvalue weighted by molar-refractivity contribution is 6.30. The normalized spacial score (nSPS) is 26.3. The SMILES string of the molecule is CC(c1cccc(Cl)c1)N(C)[C@@H]1CCCC[C@H]1O. The number of hydrogen-bond donors (Lipinski definition) is 1. The molecule has 1 aromatic carbocycles. The van der Waals surface area contributed by atoms with Gasteiger partial charge in [-0.25, -0.2) is 0 Å². The highest BCUT2D eigenvalue weighted by atomic mass is 35.5. The van der Waals surface area contributed by atoms with Gasteiger partial charge in [0.2, 0.25) is 0 Å². The summed E-state index contributed by atoms with van der Waals surface area (Å²) in [4.78, 5) is 2.29. The minimum absolute atomic E-state index is 0.189. The van der Waals surface area contributed by atoms with E-state index in [2.05, 4.69) is 24.9 Å². The number of aliphatic hydroxyl groups excluding tert-OH is 1. The van der Waals surface area contributed by atoms with Crippen LogP contribution in [0.1, 0.15) is 44.2 Å². The van der Waals surface area contributed by atoms with Gasteiger partial charge in [-0.15, -0.1) is 0 Å². The Kier molecular flexibility index (Phi) is 4.66. The highest BCUT2D eigenvalue weighted by Gasteiger charge is 2.29. The molecule has 0 spiro atoms. The summed E-state index contributed by atoms with van der Waals surface area (Å²) in [6.07, 6.45) is 4.19. The number of rotatable bonds is 3. The molecule has 2 nitrogen and oxygen atoms in total. The van der Waals surface area contributed by atoms with Gasteiger partial charge in [0, 0.05) is 17.1 Å². The first-order chi connectivity index (χ1) is 8.59. The molecule has 0 bridgehead atoms. The van der Waals surface area contributed by atoms with Gasteiger partial charge in [0.1, 0.15) is 0 Å². The van der Waals surface area contributed by atoms with E-state index in [0.29, 0.717) is 0 Å². The van der Waals surface area contributed by atoms with Crippen molar-refractivity contribution < 1.29 is 5.11 Å². The summed E-state index contributed by atoms with van der Waals surface area (Å²) in [6.45, 7) is 2.17. The Morgan fingerprint density at radius 2 is 2.06 bits per heavy atom. The molecule has 2 rings (SSSR count). The van der Waals surface area contributed by atoms with Crippen LogP contribution < -0.4 is 0 Å². The highest BCUT2D eigenvalue weighted by Crippen LogP contribution is 2.29. The van der Waals surface area contributed by atoms with Crippen LogP contribution in [0.15, 0.2) is 24.3 Å². The van der Waals surface area contributed by atoms with Crippen LogP contribution in [-0.2, 0) is 0 Å². The molecule has 1 aliphatic rings. The Balaban J connectivity index is 2.10. The minimum Gasteiger partial charge on any atom is -0.391 e. The lowest BCUT2D eigenvalue weighted by Crippen LogP contribution is -2.44. The van der Waals surface area contributed by atoms with Crippen LogP contribution in [0.4, 0.5) is 0 Å². The fourth-order valence-corrected chi connectivity index (χ4v) is 3.05. The number of halogens is 1. The van der Waals surface area contributed by atoms with Gasteiger partial charge in [-0.3, -0.25) is 4.90 Å². The molecule has 18 heavy (non-hydrogen) atoms. The first-order valence-electron chi connectivity index (χ1n) is 6.75. The zero-order chi connectivity index (χ0) is 13.1. The molecule has 1 fully saturated rings. The van der Waals surface area contributed by atoms with E-state index in [0.717, 1.165) is 24.3 Å². The first kappa shape index (κ1) is 13.9. The molecular weight excluding hydrogens is 246 g/mol. The van der Waals surface area contributed by atoms with Gasteiger partial charge in [-0.2, -0.15) is 0 Å². The zero-order valence-electron chi connectivity index (χ0n) is 11.1. The van der Waals surface area contributed by atoms with E-state index in [1.807, 2.05) is 18.2 Å². The van der Waals surface area contributed by atoms with Crippen molar-refractivity contribution in [3.63, 3.8) is 0 Å². The molecule has 1 unspecified atom stereocenters. The van der Waals surface area contributed by atoms with Crippen LogP contribution in [0.25, 0.3) is 0 Å². The van der Waals surface area contributed by atoms with E-state index in [-0.39, 0.29) is 18.2 Å². The Bertz CT molecular complexity index is 396. The Labute approximate surface area is 115 Å². The molecule has 0 radical (unpaired) electrons. The van der Waals surface area contributed by atoms with Crippen LogP contribution in [0.3, 0.4) is 0 Å². The van der Waals surface area contributed by atoms with Crippen molar-refractivity contribution in [2.75, 3.05) is 7.05 Å². The van der Waals surface area contributed by atoms with Gasteiger partial charge < -0.3 is 5.11 Å². The molecular formula is C15H22ClNO.